The number of amides is 1. The number of thiazole rings is 1. The number of nitrogens with zero attached hydrogens (tertiary/aromatic N) is 2. The molecule has 1 amide bonds. The standard InChI is InChI=1S/C8H8N2O4S/c11-7-6(1-5-2-15-3-9-5)10(4-14-7)8(12)13/h2-3,6H,1,4H2,(H,12,13). The van der Waals surface area contributed by atoms with Gasteiger partial charge in [0.15, 0.2) is 6.73 Å². The molecule has 1 atom stereocenters. The molecule has 0 aliphatic carbocycles. The number of cyclic esters (lactones) is 1. The van der Waals surface area contributed by atoms with Crippen LogP contribution in [0.15, 0.2) is 10.9 Å². The lowest BCUT2D eigenvalue weighted by Crippen LogP contribution is -2.38. The van der Waals surface area contributed by atoms with Gasteiger partial charge in [-0.2, -0.15) is 0 Å². The molecule has 0 saturated carbocycles. The molecule has 7 heteroatoms. The van der Waals surface area contributed by atoms with Gasteiger partial charge in [0, 0.05) is 11.8 Å². The van der Waals surface area contributed by atoms with Crippen molar-refractivity contribution in [3.8, 4) is 0 Å². The average molecular weight is 228 g/mol. The highest BCUT2D eigenvalue weighted by molar-refractivity contribution is 7.07. The Morgan fingerprint density at radius 3 is 3.20 bits per heavy atom. The first-order valence-electron chi connectivity index (χ1n) is 4.22. The summed E-state index contributed by atoms with van der Waals surface area (Å²) in [5, 5.41) is 10.6. The van der Waals surface area contributed by atoms with Crippen LogP contribution in [0.2, 0.25) is 0 Å². The molecule has 6 nitrogen and oxygen atoms in total. The molecule has 1 fully saturated rings. The molecule has 1 aliphatic rings. The fourth-order valence-electron chi connectivity index (χ4n) is 1.37. The predicted octanol–water partition coefficient (Wildman–Crippen LogP) is 0.548. The number of carbonyl (C=O) groups excluding carboxylic acids is 1. The van der Waals surface area contributed by atoms with Crippen LogP contribution < -0.4 is 0 Å². The van der Waals surface area contributed by atoms with Crippen LogP contribution in [0.5, 0.6) is 0 Å². The van der Waals surface area contributed by atoms with Crippen molar-refractivity contribution in [3.05, 3.63) is 16.6 Å². The van der Waals surface area contributed by atoms with Crippen molar-refractivity contribution in [3.63, 3.8) is 0 Å². The normalized spacial score (nSPS) is 20.4. The van der Waals surface area contributed by atoms with Gasteiger partial charge in [0.25, 0.3) is 0 Å². The van der Waals surface area contributed by atoms with E-state index in [1.165, 1.54) is 11.3 Å². The van der Waals surface area contributed by atoms with E-state index in [9.17, 15) is 9.59 Å². The zero-order valence-corrected chi connectivity index (χ0v) is 8.44. The number of carbonyl (C=O) groups is 2. The van der Waals surface area contributed by atoms with Crippen molar-refractivity contribution in [2.24, 2.45) is 0 Å². The van der Waals surface area contributed by atoms with Crippen molar-refractivity contribution in [2.45, 2.75) is 12.5 Å². The molecule has 1 unspecified atom stereocenters. The maximum Gasteiger partial charge on any atom is 0.410 e. The third kappa shape index (κ3) is 1.91. The lowest BCUT2D eigenvalue weighted by atomic mass is 10.1. The topological polar surface area (TPSA) is 79.7 Å². The molecule has 1 aliphatic heterocycles. The van der Waals surface area contributed by atoms with E-state index < -0.39 is 18.1 Å². The number of rotatable bonds is 2. The SMILES string of the molecule is O=C1OCN(C(=O)O)C1Cc1cscn1. The van der Waals surface area contributed by atoms with Crippen molar-refractivity contribution >= 4 is 23.4 Å². The summed E-state index contributed by atoms with van der Waals surface area (Å²) in [5.74, 6) is -0.509. The third-order valence-corrected chi connectivity index (χ3v) is 2.76. The first-order valence-corrected chi connectivity index (χ1v) is 5.16. The molecule has 0 radical (unpaired) electrons. The van der Waals surface area contributed by atoms with Crippen molar-refractivity contribution in [2.75, 3.05) is 6.73 Å². The first-order chi connectivity index (χ1) is 7.18. The molecular weight excluding hydrogens is 220 g/mol. The van der Waals surface area contributed by atoms with Crippen LogP contribution in [-0.2, 0) is 16.0 Å². The number of ether oxygens (including phenoxy) is 1. The van der Waals surface area contributed by atoms with Gasteiger partial charge in [-0.05, 0) is 0 Å². The third-order valence-electron chi connectivity index (χ3n) is 2.13. The van der Waals surface area contributed by atoms with E-state index in [4.69, 9.17) is 5.11 Å². The molecule has 1 aromatic rings. The Morgan fingerprint density at radius 1 is 1.80 bits per heavy atom. The Kier molecular flexibility index (Phi) is 2.55. The molecule has 1 saturated heterocycles. The Morgan fingerprint density at radius 2 is 2.60 bits per heavy atom. The monoisotopic (exact) mass is 228 g/mol. The zero-order valence-electron chi connectivity index (χ0n) is 7.62. The highest BCUT2D eigenvalue weighted by atomic mass is 32.1. The minimum absolute atomic E-state index is 0.191. The van der Waals surface area contributed by atoms with E-state index in [1.54, 1.807) is 10.9 Å². The number of carboxylic acid groups (broad SMARTS) is 1. The van der Waals surface area contributed by atoms with Crippen LogP contribution in [0, 0.1) is 0 Å². The number of hydrogen-bond acceptors (Lipinski definition) is 5. The van der Waals surface area contributed by atoms with Crippen LogP contribution in [0.25, 0.3) is 0 Å². The van der Waals surface area contributed by atoms with Crippen LogP contribution >= 0.6 is 11.3 Å². The lowest BCUT2D eigenvalue weighted by molar-refractivity contribution is -0.139. The first kappa shape index (κ1) is 9.91. The molecule has 1 aromatic heterocycles. The Labute approximate surface area is 89.1 Å². The molecule has 0 aromatic carbocycles. The molecule has 15 heavy (non-hydrogen) atoms. The van der Waals surface area contributed by atoms with E-state index in [0.29, 0.717) is 5.69 Å². The summed E-state index contributed by atoms with van der Waals surface area (Å²) < 4.78 is 4.67. The molecule has 1 N–H and O–H groups in total. The highest BCUT2D eigenvalue weighted by Crippen LogP contribution is 2.16. The van der Waals surface area contributed by atoms with Gasteiger partial charge < -0.3 is 9.84 Å². The summed E-state index contributed by atoms with van der Waals surface area (Å²) in [6.45, 7) is -0.191. The molecule has 0 bridgehead atoms. The van der Waals surface area contributed by atoms with Gasteiger partial charge in [0.05, 0.1) is 11.2 Å². The summed E-state index contributed by atoms with van der Waals surface area (Å²) in [7, 11) is 0. The van der Waals surface area contributed by atoms with Gasteiger partial charge in [-0.1, -0.05) is 0 Å². The largest absolute Gasteiger partial charge is 0.465 e. The van der Waals surface area contributed by atoms with E-state index >= 15 is 0 Å². The fraction of sp³-hybridized carbons (Fsp3) is 0.375. The maximum atomic E-state index is 11.3. The van der Waals surface area contributed by atoms with E-state index in [2.05, 4.69) is 9.72 Å². The van der Waals surface area contributed by atoms with Gasteiger partial charge >= 0.3 is 12.1 Å². The fourth-order valence-corrected chi connectivity index (χ4v) is 1.94. The van der Waals surface area contributed by atoms with Gasteiger partial charge in [-0.25, -0.2) is 14.6 Å². The summed E-state index contributed by atoms with van der Waals surface area (Å²) in [4.78, 5) is 27.0. The summed E-state index contributed by atoms with van der Waals surface area (Å²) in [6, 6.07) is -0.760. The summed E-state index contributed by atoms with van der Waals surface area (Å²) in [5.41, 5.74) is 2.34. The van der Waals surface area contributed by atoms with Crippen molar-refractivity contribution in [1.29, 1.82) is 0 Å². The van der Waals surface area contributed by atoms with Gasteiger partial charge in [0.1, 0.15) is 6.04 Å². The molecule has 2 rings (SSSR count). The second-order valence-electron chi connectivity index (χ2n) is 3.04. The second kappa shape index (κ2) is 3.85. The molecule has 0 spiro atoms. The lowest BCUT2D eigenvalue weighted by Gasteiger charge is -2.14. The van der Waals surface area contributed by atoms with Crippen molar-refractivity contribution in [1.82, 2.24) is 9.88 Å². The summed E-state index contributed by atoms with van der Waals surface area (Å²) >= 11 is 1.40. The van der Waals surface area contributed by atoms with E-state index in [-0.39, 0.29) is 13.2 Å². The van der Waals surface area contributed by atoms with Crippen LogP contribution in [0.1, 0.15) is 5.69 Å². The van der Waals surface area contributed by atoms with E-state index in [1.807, 2.05) is 0 Å². The quantitative estimate of drug-likeness (QED) is 0.747. The minimum Gasteiger partial charge on any atom is -0.465 e. The maximum absolute atomic E-state index is 11.3. The molecular formula is C8H8N2O4S. The van der Waals surface area contributed by atoms with Gasteiger partial charge in [0.2, 0.25) is 0 Å². The average Bonchev–Trinajstić information content (AvgIpc) is 2.78. The van der Waals surface area contributed by atoms with Gasteiger partial charge in [-0.3, -0.25) is 4.90 Å². The summed E-state index contributed by atoms with van der Waals surface area (Å²) in [6.07, 6.45) is -0.879. The predicted molar refractivity (Wildman–Crippen MR) is 50.4 cm³/mol. The number of hydrogen-bond donors (Lipinski definition) is 1. The van der Waals surface area contributed by atoms with Crippen LogP contribution in [0.3, 0.4) is 0 Å². The van der Waals surface area contributed by atoms with Crippen LogP contribution in [0.4, 0.5) is 4.79 Å². The number of esters is 1. The number of aromatic nitrogens is 1. The Bertz CT molecular complexity index is 378. The highest BCUT2D eigenvalue weighted by Gasteiger charge is 2.38. The van der Waals surface area contributed by atoms with E-state index in [0.717, 1.165) is 4.90 Å². The van der Waals surface area contributed by atoms with Crippen molar-refractivity contribution < 1.29 is 19.4 Å². The second-order valence-corrected chi connectivity index (χ2v) is 3.76. The van der Waals surface area contributed by atoms with Gasteiger partial charge in [-0.15, -0.1) is 11.3 Å². The minimum atomic E-state index is -1.15. The van der Waals surface area contributed by atoms with Crippen LogP contribution in [-0.4, -0.2) is 39.8 Å². The molecule has 2 heterocycles. The Balaban J connectivity index is 2.11. The molecule has 80 valence electrons. The zero-order chi connectivity index (χ0) is 10.8. The Hall–Kier alpha value is -1.63. The smallest absolute Gasteiger partial charge is 0.410 e.